The number of rotatable bonds is 5. The van der Waals surface area contributed by atoms with E-state index in [4.69, 9.17) is 9.26 Å². The minimum absolute atomic E-state index is 0.0642. The number of hydrogen-bond donors (Lipinski definition) is 1. The van der Waals surface area contributed by atoms with Gasteiger partial charge in [0.15, 0.2) is 5.82 Å². The highest BCUT2D eigenvalue weighted by molar-refractivity contribution is 5.72. The van der Waals surface area contributed by atoms with E-state index < -0.39 is 0 Å². The van der Waals surface area contributed by atoms with Crippen LogP contribution in [0.4, 0.5) is 0 Å². The van der Waals surface area contributed by atoms with Gasteiger partial charge in [0.25, 0.3) is 5.89 Å². The summed E-state index contributed by atoms with van der Waals surface area (Å²) in [6, 6.07) is 7.34. The van der Waals surface area contributed by atoms with Crippen molar-refractivity contribution in [2.24, 2.45) is 0 Å². The molecular formula is C13H15N3O3. The third-order valence-electron chi connectivity index (χ3n) is 2.37. The number of amides is 1. The Kier molecular flexibility index (Phi) is 4.12. The highest BCUT2D eigenvalue weighted by Crippen LogP contribution is 2.20. The lowest BCUT2D eigenvalue weighted by molar-refractivity contribution is -0.119. The van der Waals surface area contributed by atoms with Gasteiger partial charge in [0, 0.05) is 12.5 Å². The van der Waals surface area contributed by atoms with Crippen molar-refractivity contribution < 1.29 is 14.1 Å². The first-order valence-corrected chi connectivity index (χ1v) is 5.93. The first kappa shape index (κ1) is 13.1. The molecule has 1 aromatic heterocycles. The number of aromatic nitrogens is 2. The van der Waals surface area contributed by atoms with Gasteiger partial charge in [0.1, 0.15) is 12.4 Å². The average molecular weight is 261 g/mol. The highest BCUT2D eigenvalue weighted by atomic mass is 16.5. The van der Waals surface area contributed by atoms with Crippen LogP contribution in [-0.2, 0) is 4.79 Å². The van der Waals surface area contributed by atoms with Gasteiger partial charge in [0.05, 0.1) is 6.54 Å². The van der Waals surface area contributed by atoms with Gasteiger partial charge in [-0.05, 0) is 31.2 Å². The number of carbonyl (C=O) groups is 1. The molecule has 0 saturated heterocycles. The van der Waals surface area contributed by atoms with Crippen LogP contribution in [0, 0.1) is 6.92 Å². The van der Waals surface area contributed by atoms with E-state index in [1.165, 1.54) is 6.92 Å². The van der Waals surface area contributed by atoms with Crippen LogP contribution in [0.5, 0.6) is 5.75 Å². The lowest BCUT2D eigenvalue weighted by atomic mass is 10.2. The first-order valence-electron chi connectivity index (χ1n) is 5.93. The fraction of sp³-hybridized carbons (Fsp3) is 0.308. The Morgan fingerprint density at radius 2 is 2.11 bits per heavy atom. The van der Waals surface area contributed by atoms with Crippen LogP contribution in [-0.4, -0.2) is 29.2 Å². The maximum Gasteiger partial charge on any atom is 0.257 e. The Bertz CT molecular complexity index is 549. The second-order valence-corrected chi connectivity index (χ2v) is 4.00. The minimum Gasteiger partial charge on any atom is -0.492 e. The summed E-state index contributed by atoms with van der Waals surface area (Å²) >= 11 is 0. The molecule has 0 saturated carbocycles. The molecule has 2 aromatic rings. The molecule has 0 aliphatic carbocycles. The van der Waals surface area contributed by atoms with Crippen molar-refractivity contribution in [2.75, 3.05) is 13.2 Å². The van der Waals surface area contributed by atoms with E-state index in [2.05, 4.69) is 15.5 Å². The van der Waals surface area contributed by atoms with Crippen LogP contribution in [0.1, 0.15) is 12.7 Å². The molecule has 0 aliphatic heterocycles. The summed E-state index contributed by atoms with van der Waals surface area (Å²) in [4.78, 5) is 14.8. The van der Waals surface area contributed by atoms with Gasteiger partial charge in [-0.2, -0.15) is 4.98 Å². The fourth-order valence-electron chi connectivity index (χ4n) is 1.50. The lowest BCUT2D eigenvalue weighted by Crippen LogP contribution is -2.25. The monoisotopic (exact) mass is 261 g/mol. The molecule has 100 valence electrons. The maximum atomic E-state index is 10.7. The molecule has 1 heterocycles. The molecule has 2 rings (SSSR count). The van der Waals surface area contributed by atoms with E-state index in [1.54, 1.807) is 6.92 Å². The normalized spacial score (nSPS) is 10.2. The quantitative estimate of drug-likeness (QED) is 0.826. The molecule has 1 aromatic carbocycles. The average Bonchev–Trinajstić information content (AvgIpc) is 2.82. The molecule has 0 aliphatic rings. The summed E-state index contributed by atoms with van der Waals surface area (Å²) in [6.45, 7) is 4.16. The van der Waals surface area contributed by atoms with Crippen LogP contribution >= 0.6 is 0 Å². The summed E-state index contributed by atoms with van der Waals surface area (Å²) in [6.07, 6.45) is 0. The zero-order valence-electron chi connectivity index (χ0n) is 10.8. The largest absolute Gasteiger partial charge is 0.492 e. The van der Waals surface area contributed by atoms with Gasteiger partial charge in [-0.1, -0.05) is 5.16 Å². The molecule has 0 atom stereocenters. The molecule has 0 radical (unpaired) electrons. The summed E-state index contributed by atoms with van der Waals surface area (Å²) < 4.78 is 10.5. The second kappa shape index (κ2) is 5.99. The van der Waals surface area contributed by atoms with E-state index in [-0.39, 0.29) is 5.91 Å². The molecule has 1 amide bonds. The SMILES string of the molecule is CC(=O)NCCOc1ccc(-c2nc(C)no2)cc1. The molecule has 6 heteroatoms. The zero-order valence-corrected chi connectivity index (χ0v) is 10.8. The van der Waals surface area contributed by atoms with Crippen molar-refractivity contribution in [2.45, 2.75) is 13.8 Å². The topological polar surface area (TPSA) is 77.2 Å². The summed E-state index contributed by atoms with van der Waals surface area (Å²) in [5.74, 6) is 1.75. The maximum absolute atomic E-state index is 10.7. The number of carbonyl (C=O) groups excluding carboxylic acids is 1. The molecule has 0 unspecified atom stereocenters. The number of nitrogens with one attached hydrogen (secondary N) is 1. The van der Waals surface area contributed by atoms with E-state index in [0.29, 0.717) is 24.9 Å². The predicted molar refractivity (Wildman–Crippen MR) is 68.6 cm³/mol. The number of hydrogen-bond acceptors (Lipinski definition) is 5. The standard InChI is InChI=1S/C13H15N3O3/c1-9-15-13(19-16-9)11-3-5-12(6-4-11)18-8-7-14-10(2)17/h3-6H,7-8H2,1-2H3,(H,14,17). The summed E-state index contributed by atoms with van der Waals surface area (Å²) in [5.41, 5.74) is 0.842. The zero-order chi connectivity index (χ0) is 13.7. The molecule has 0 bridgehead atoms. The van der Waals surface area contributed by atoms with Gasteiger partial charge >= 0.3 is 0 Å². The fourth-order valence-corrected chi connectivity index (χ4v) is 1.50. The van der Waals surface area contributed by atoms with Crippen LogP contribution in [0.25, 0.3) is 11.5 Å². The van der Waals surface area contributed by atoms with E-state index >= 15 is 0 Å². The molecule has 19 heavy (non-hydrogen) atoms. The van der Waals surface area contributed by atoms with Crippen molar-refractivity contribution in [3.63, 3.8) is 0 Å². The second-order valence-electron chi connectivity index (χ2n) is 4.00. The van der Waals surface area contributed by atoms with Crippen molar-refractivity contribution in [3.8, 4) is 17.2 Å². The summed E-state index contributed by atoms with van der Waals surface area (Å²) in [5, 5.41) is 6.39. The van der Waals surface area contributed by atoms with Gasteiger partial charge in [-0.25, -0.2) is 0 Å². The number of benzene rings is 1. The van der Waals surface area contributed by atoms with Gasteiger partial charge in [0.2, 0.25) is 5.91 Å². The Labute approximate surface area is 110 Å². The Balaban J connectivity index is 1.90. The van der Waals surface area contributed by atoms with Gasteiger partial charge < -0.3 is 14.6 Å². The Morgan fingerprint density at radius 1 is 1.37 bits per heavy atom. The minimum atomic E-state index is -0.0642. The third-order valence-corrected chi connectivity index (χ3v) is 2.37. The van der Waals surface area contributed by atoms with Gasteiger partial charge in [-0.3, -0.25) is 4.79 Å². The van der Waals surface area contributed by atoms with E-state index in [0.717, 1.165) is 11.3 Å². The molecule has 6 nitrogen and oxygen atoms in total. The molecule has 0 spiro atoms. The number of ether oxygens (including phenoxy) is 1. The van der Waals surface area contributed by atoms with Crippen molar-refractivity contribution in [1.82, 2.24) is 15.5 Å². The Morgan fingerprint density at radius 3 is 2.68 bits per heavy atom. The first-order chi connectivity index (χ1) is 9.15. The Hall–Kier alpha value is -2.37. The van der Waals surface area contributed by atoms with Gasteiger partial charge in [-0.15, -0.1) is 0 Å². The van der Waals surface area contributed by atoms with Crippen LogP contribution in [0.3, 0.4) is 0 Å². The van der Waals surface area contributed by atoms with Crippen LogP contribution in [0.2, 0.25) is 0 Å². The van der Waals surface area contributed by atoms with Crippen LogP contribution in [0.15, 0.2) is 28.8 Å². The molecule has 0 fully saturated rings. The lowest BCUT2D eigenvalue weighted by Gasteiger charge is -2.06. The van der Waals surface area contributed by atoms with Crippen molar-refractivity contribution in [1.29, 1.82) is 0 Å². The van der Waals surface area contributed by atoms with E-state index in [1.807, 2.05) is 24.3 Å². The van der Waals surface area contributed by atoms with Crippen molar-refractivity contribution >= 4 is 5.91 Å². The predicted octanol–water partition coefficient (Wildman–Crippen LogP) is 1.56. The highest BCUT2D eigenvalue weighted by Gasteiger charge is 2.05. The summed E-state index contributed by atoms with van der Waals surface area (Å²) in [7, 11) is 0. The molecule has 1 N–H and O–H groups in total. The molecular weight excluding hydrogens is 246 g/mol. The smallest absolute Gasteiger partial charge is 0.257 e. The van der Waals surface area contributed by atoms with Crippen LogP contribution < -0.4 is 10.1 Å². The van der Waals surface area contributed by atoms with E-state index in [9.17, 15) is 4.79 Å². The van der Waals surface area contributed by atoms with Crippen molar-refractivity contribution in [3.05, 3.63) is 30.1 Å². The third kappa shape index (κ3) is 3.80. The number of aryl methyl sites for hydroxylation is 1. The number of nitrogens with zero attached hydrogens (tertiary/aromatic N) is 2.